The molecule has 0 saturated heterocycles. The number of aliphatic hydroxyl groups excluding tert-OH is 3. The summed E-state index contributed by atoms with van der Waals surface area (Å²) in [4.78, 5) is 0. The van der Waals surface area contributed by atoms with Crippen LogP contribution in [0, 0.1) is 12.3 Å². The lowest BCUT2D eigenvalue weighted by Gasteiger charge is -2.32. The Balaban J connectivity index is 2.33. The van der Waals surface area contributed by atoms with Crippen LogP contribution in [0.25, 0.3) is 0 Å². The highest BCUT2D eigenvalue weighted by molar-refractivity contribution is 5.44. The summed E-state index contributed by atoms with van der Waals surface area (Å²) in [5.41, 5.74) is 3.49. The molecule has 1 unspecified atom stereocenters. The summed E-state index contributed by atoms with van der Waals surface area (Å²) in [5.74, 6) is 0.332. The number of aromatic hydroxyl groups is 1. The third-order valence-corrected chi connectivity index (χ3v) is 4.30. The summed E-state index contributed by atoms with van der Waals surface area (Å²) in [6.07, 6.45) is 3.32. The van der Waals surface area contributed by atoms with Gasteiger partial charge in [0.2, 0.25) is 0 Å². The Labute approximate surface area is 131 Å². The maximum absolute atomic E-state index is 9.98. The van der Waals surface area contributed by atoms with Gasteiger partial charge in [-0.3, -0.25) is 0 Å². The molecule has 1 aliphatic rings. The number of hydrogen-bond donors (Lipinski definition) is 4. The maximum atomic E-state index is 9.98. The molecule has 0 amide bonds. The Hall–Kier alpha value is -1.78. The van der Waals surface area contributed by atoms with Gasteiger partial charge in [-0.15, -0.1) is 0 Å². The third kappa shape index (κ3) is 3.18. The van der Waals surface area contributed by atoms with Crippen LogP contribution < -0.4 is 0 Å². The molecule has 1 aromatic rings. The zero-order chi connectivity index (χ0) is 16.5. The molecule has 1 aliphatic carbocycles. The van der Waals surface area contributed by atoms with Crippen molar-refractivity contribution in [2.75, 3.05) is 6.61 Å². The highest BCUT2D eigenvalue weighted by Gasteiger charge is 2.30. The normalized spacial score (nSPS) is 22.0. The summed E-state index contributed by atoms with van der Waals surface area (Å²) in [5, 5.41) is 38.7. The van der Waals surface area contributed by atoms with Crippen molar-refractivity contribution in [3.63, 3.8) is 0 Å². The summed E-state index contributed by atoms with van der Waals surface area (Å²) in [7, 11) is 0. The van der Waals surface area contributed by atoms with Crippen molar-refractivity contribution in [2.24, 2.45) is 5.41 Å². The van der Waals surface area contributed by atoms with E-state index in [9.17, 15) is 20.4 Å². The predicted molar refractivity (Wildman–Crippen MR) is 85.7 cm³/mol. The smallest absolute Gasteiger partial charge is 0.124 e. The van der Waals surface area contributed by atoms with E-state index in [-0.39, 0.29) is 30.1 Å². The lowest BCUT2D eigenvalue weighted by atomic mass is 9.73. The van der Waals surface area contributed by atoms with Gasteiger partial charge in [-0.2, -0.15) is 0 Å². The van der Waals surface area contributed by atoms with Crippen molar-refractivity contribution in [1.29, 1.82) is 0 Å². The average Bonchev–Trinajstić information content (AvgIpc) is 2.46. The molecule has 4 heteroatoms. The molecule has 1 aromatic carbocycles. The van der Waals surface area contributed by atoms with Gasteiger partial charge < -0.3 is 20.4 Å². The first-order valence-electron chi connectivity index (χ1n) is 7.43. The number of allylic oxidation sites excluding steroid dienone is 2. The molecular weight excluding hydrogens is 280 g/mol. The van der Waals surface area contributed by atoms with E-state index in [0.717, 1.165) is 16.7 Å². The summed E-state index contributed by atoms with van der Waals surface area (Å²) in [6.45, 7) is 5.38. The molecule has 0 bridgehead atoms. The standard InChI is InChI=1S/C18H24O4/c1-11-4-13(5-14(9-19)16(11)21)7-18(3)6-12(2)17(22)15(8-18)10-20/h4-6,19-22H,7-10H2,1-3H3. The Morgan fingerprint density at radius 3 is 2.36 bits per heavy atom. The number of aliphatic hydroxyl groups is 3. The van der Waals surface area contributed by atoms with E-state index in [2.05, 4.69) is 6.92 Å². The van der Waals surface area contributed by atoms with Gasteiger partial charge in [-0.25, -0.2) is 0 Å². The van der Waals surface area contributed by atoms with Gasteiger partial charge >= 0.3 is 0 Å². The van der Waals surface area contributed by atoms with Crippen LogP contribution in [0.3, 0.4) is 0 Å². The number of hydrogen-bond acceptors (Lipinski definition) is 4. The zero-order valence-electron chi connectivity index (χ0n) is 13.3. The molecule has 4 nitrogen and oxygen atoms in total. The maximum Gasteiger partial charge on any atom is 0.124 e. The van der Waals surface area contributed by atoms with Gasteiger partial charge in [0.05, 0.1) is 13.2 Å². The Bertz CT molecular complexity index is 643. The summed E-state index contributed by atoms with van der Waals surface area (Å²) < 4.78 is 0. The fourth-order valence-corrected chi connectivity index (χ4v) is 3.36. The van der Waals surface area contributed by atoms with Crippen LogP contribution in [-0.2, 0) is 13.0 Å². The lowest BCUT2D eigenvalue weighted by molar-refractivity contribution is 0.274. The van der Waals surface area contributed by atoms with Gasteiger partial charge in [-0.1, -0.05) is 19.1 Å². The summed E-state index contributed by atoms with van der Waals surface area (Å²) in [6, 6.07) is 3.73. The topological polar surface area (TPSA) is 80.9 Å². The van der Waals surface area contributed by atoms with Crippen LogP contribution in [-0.4, -0.2) is 27.0 Å². The van der Waals surface area contributed by atoms with Crippen LogP contribution in [0.1, 0.15) is 37.0 Å². The second kappa shape index (κ2) is 6.15. The molecule has 4 N–H and O–H groups in total. The summed E-state index contributed by atoms with van der Waals surface area (Å²) >= 11 is 0. The first-order valence-corrected chi connectivity index (χ1v) is 7.43. The molecule has 0 fully saturated rings. The van der Waals surface area contributed by atoms with E-state index in [1.807, 2.05) is 32.1 Å². The van der Waals surface area contributed by atoms with Crippen LogP contribution in [0.4, 0.5) is 0 Å². The molecule has 0 saturated carbocycles. The van der Waals surface area contributed by atoms with Crippen molar-refractivity contribution in [2.45, 2.75) is 40.2 Å². The number of benzene rings is 1. The van der Waals surface area contributed by atoms with E-state index in [0.29, 0.717) is 24.0 Å². The van der Waals surface area contributed by atoms with Crippen LogP contribution in [0.5, 0.6) is 5.75 Å². The van der Waals surface area contributed by atoms with Gasteiger partial charge in [0.1, 0.15) is 11.5 Å². The average molecular weight is 304 g/mol. The first kappa shape index (κ1) is 16.6. The third-order valence-electron chi connectivity index (χ3n) is 4.30. The van der Waals surface area contributed by atoms with Gasteiger partial charge in [0.15, 0.2) is 0 Å². The van der Waals surface area contributed by atoms with E-state index >= 15 is 0 Å². The van der Waals surface area contributed by atoms with Crippen molar-refractivity contribution in [3.05, 3.63) is 51.8 Å². The minimum atomic E-state index is -0.218. The van der Waals surface area contributed by atoms with Crippen molar-refractivity contribution < 1.29 is 20.4 Å². The minimum Gasteiger partial charge on any atom is -0.508 e. The van der Waals surface area contributed by atoms with Crippen molar-refractivity contribution in [1.82, 2.24) is 0 Å². The Morgan fingerprint density at radius 1 is 1.09 bits per heavy atom. The van der Waals surface area contributed by atoms with Crippen LogP contribution in [0.15, 0.2) is 35.1 Å². The zero-order valence-corrected chi connectivity index (χ0v) is 13.3. The largest absolute Gasteiger partial charge is 0.508 e. The number of aryl methyl sites for hydroxylation is 1. The SMILES string of the molecule is CC1=CC(C)(Cc2cc(C)c(O)c(CO)c2)CC(CO)=C1O. The first-order chi connectivity index (χ1) is 10.3. The van der Waals surface area contributed by atoms with E-state index in [4.69, 9.17) is 0 Å². The van der Waals surface area contributed by atoms with Crippen molar-refractivity contribution in [3.8, 4) is 5.75 Å². The van der Waals surface area contributed by atoms with Crippen LogP contribution in [0.2, 0.25) is 0 Å². The highest BCUT2D eigenvalue weighted by Crippen LogP contribution is 2.40. The molecule has 22 heavy (non-hydrogen) atoms. The predicted octanol–water partition coefficient (Wildman–Crippen LogP) is 2.90. The molecule has 0 heterocycles. The van der Waals surface area contributed by atoms with Gasteiger partial charge in [-0.05, 0) is 60.4 Å². The molecule has 0 radical (unpaired) electrons. The number of rotatable bonds is 4. The minimum absolute atomic E-state index is 0.139. The highest BCUT2D eigenvalue weighted by atomic mass is 16.3. The quantitative estimate of drug-likeness (QED) is 0.689. The molecule has 2 rings (SSSR count). The van der Waals surface area contributed by atoms with Gasteiger partial charge in [0, 0.05) is 5.56 Å². The van der Waals surface area contributed by atoms with E-state index < -0.39 is 0 Å². The van der Waals surface area contributed by atoms with E-state index in [1.165, 1.54) is 0 Å². The fourth-order valence-electron chi connectivity index (χ4n) is 3.36. The second-order valence-corrected chi connectivity index (χ2v) is 6.52. The Morgan fingerprint density at radius 2 is 1.77 bits per heavy atom. The molecule has 0 aliphatic heterocycles. The lowest BCUT2D eigenvalue weighted by Crippen LogP contribution is -2.24. The molecule has 120 valence electrons. The molecule has 0 aromatic heterocycles. The monoisotopic (exact) mass is 304 g/mol. The molecule has 1 atom stereocenters. The molecule has 0 spiro atoms. The second-order valence-electron chi connectivity index (χ2n) is 6.52. The fraction of sp³-hybridized carbons (Fsp3) is 0.444. The van der Waals surface area contributed by atoms with Crippen molar-refractivity contribution >= 4 is 0 Å². The Kier molecular flexibility index (Phi) is 4.63. The van der Waals surface area contributed by atoms with E-state index in [1.54, 1.807) is 0 Å². The number of phenols is 1. The van der Waals surface area contributed by atoms with Gasteiger partial charge in [0.25, 0.3) is 0 Å². The molecular formula is C18H24O4. The van der Waals surface area contributed by atoms with Crippen LogP contribution >= 0.6 is 0 Å².